The van der Waals surface area contributed by atoms with E-state index in [9.17, 15) is 0 Å². The molecule has 0 saturated carbocycles. The maximum atomic E-state index is 5.97. The van der Waals surface area contributed by atoms with Gasteiger partial charge < -0.3 is 14.8 Å². The molecule has 0 saturated heterocycles. The molecule has 0 bridgehead atoms. The third kappa shape index (κ3) is 5.36. The first-order chi connectivity index (χ1) is 8.67. The van der Waals surface area contributed by atoms with Crippen molar-refractivity contribution in [3.8, 4) is 0 Å². The van der Waals surface area contributed by atoms with Gasteiger partial charge in [0, 0.05) is 30.8 Å². The fourth-order valence-electron chi connectivity index (χ4n) is 1.70. The van der Waals surface area contributed by atoms with Crippen LogP contribution in [-0.2, 0) is 9.47 Å². The number of rotatable bonds is 8. The van der Waals surface area contributed by atoms with E-state index in [-0.39, 0.29) is 12.3 Å². The number of ether oxygens (including phenoxy) is 2. The lowest BCUT2D eigenvalue weighted by atomic mass is 10.1. The van der Waals surface area contributed by atoms with Crippen molar-refractivity contribution in [2.24, 2.45) is 0 Å². The number of hydrogen-bond donors (Lipinski definition) is 1. The first-order valence-electron chi connectivity index (χ1n) is 6.39. The van der Waals surface area contributed by atoms with E-state index in [0.29, 0.717) is 19.8 Å². The minimum Gasteiger partial charge on any atom is -0.352 e. The Labute approximate surface area is 114 Å². The van der Waals surface area contributed by atoms with Crippen LogP contribution in [0.25, 0.3) is 0 Å². The summed E-state index contributed by atoms with van der Waals surface area (Å²) in [5.41, 5.74) is 1.16. The highest BCUT2D eigenvalue weighted by Crippen LogP contribution is 2.17. The van der Waals surface area contributed by atoms with Crippen LogP contribution < -0.4 is 5.32 Å². The lowest BCUT2D eigenvalue weighted by molar-refractivity contribution is -0.133. The Morgan fingerprint density at radius 2 is 1.89 bits per heavy atom. The second kappa shape index (κ2) is 8.48. The van der Waals surface area contributed by atoms with Gasteiger partial charge in [-0.25, -0.2) is 0 Å². The summed E-state index contributed by atoms with van der Waals surface area (Å²) >= 11 is 5.97. The Balaban J connectivity index is 2.46. The fraction of sp³-hybridized carbons (Fsp3) is 0.571. The molecule has 0 aliphatic carbocycles. The van der Waals surface area contributed by atoms with Gasteiger partial charge in [-0.05, 0) is 38.5 Å². The van der Waals surface area contributed by atoms with Gasteiger partial charge in [0.05, 0.1) is 0 Å². The third-order valence-electron chi connectivity index (χ3n) is 2.64. The molecule has 1 atom stereocenters. The maximum absolute atomic E-state index is 5.97. The van der Waals surface area contributed by atoms with Crippen molar-refractivity contribution in [1.29, 1.82) is 0 Å². The lowest BCUT2D eigenvalue weighted by Gasteiger charge is -2.21. The Morgan fingerprint density at radius 3 is 2.44 bits per heavy atom. The van der Waals surface area contributed by atoms with Gasteiger partial charge >= 0.3 is 0 Å². The van der Waals surface area contributed by atoms with Crippen LogP contribution in [0.5, 0.6) is 0 Å². The molecule has 1 N–H and O–H groups in total. The molecule has 0 radical (unpaired) electrons. The Bertz CT molecular complexity index is 340. The van der Waals surface area contributed by atoms with Crippen LogP contribution >= 0.6 is 11.6 Å². The van der Waals surface area contributed by atoms with Crippen LogP contribution in [0.1, 0.15) is 32.4 Å². The van der Waals surface area contributed by atoms with Gasteiger partial charge in [0.15, 0.2) is 6.29 Å². The Morgan fingerprint density at radius 1 is 1.22 bits per heavy atom. The highest BCUT2D eigenvalue weighted by Gasteiger charge is 2.11. The van der Waals surface area contributed by atoms with E-state index in [1.807, 2.05) is 32.0 Å². The van der Waals surface area contributed by atoms with E-state index in [1.54, 1.807) is 0 Å². The van der Waals surface area contributed by atoms with Gasteiger partial charge in [-0.1, -0.05) is 23.7 Å². The first kappa shape index (κ1) is 15.4. The molecule has 18 heavy (non-hydrogen) atoms. The summed E-state index contributed by atoms with van der Waals surface area (Å²) < 4.78 is 11.0. The van der Waals surface area contributed by atoms with Crippen LogP contribution in [0.4, 0.5) is 0 Å². The van der Waals surface area contributed by atoms with Gasteiger partial charge in [-0.3, -0.25) is 0 Å². The lowest BCUT2D eigenvalue weighted by Crippen LogP contribution is -2.33. The average Bonchev–Trinajstić information content (AvgIpc) is 2.36. The van der Waals surface area contributed by atoms with Gasteiger partial charge in [-0.15, -0.1) is 0 Å². The van der Waals surface area contributed by atoms with Crippen molar-refractivity contribution in [3.05, 3.63) is 34.9 Å². The van der Waals surface area contributed by atoms with E-state index >= 15 is 0 Å². The standard InChI is InChI=1S/C14H22ClNO2/c1-4-17-14(18-5-2)10-16-11(3)12-7-6-8-13(15)9-12/h6-9,11,14,16H,4-5,10H2,1-3H3/t11-/m0/s1. The molecule has 0 aliphatic heterocycles. The fourth-order valence-corrected chi connectivity index (χ4v) is 1.90. The Kier molecular flexibility index (Phi) is 7.28. The summed E-state index contributed by atoms with van der Waals surface area (Å²) in [6.07, 6.45) is -0.193. The molecule has 0 fully saturated rings. The van der Waals surface area contributed by atoms with E-state index in [2.05, 4.69) is 18.3 Å². The summed E-state index contributed by atoms with van der Waals surface area (Å²) in [6, 6.07) is 8.07. The van der Waals surface area contributed by atoms with Crippen LogP contribution in [0, 0.1) is 0 Å². The molecule has 1 aromatic carbocycles. The molecule has 0 spiro atoms. The van der Waals surface area contributed by atoms with Crippen LogP contribution in [0.15, 0.2) is 24.3 Å². The third-order valence-corrected chi connectivity index (χ3v) is 2.88. The summed E-state index contributed by atoms with van der Waals surface area (Å²) in [5.74, 6) is 0. The number of halogens is 1. The smallest absolute Gasteiger partial charge is 0.169 e. The van der Waals surface area contributed by atoms with Crippen LogP contribution in [0.3, 0.4) is 0 Å². The zero-order valence-electron chi connectivity index (χ0n) is 11.3. The summed E-state index contributed by atoms with van der Waals surface area (Å²) in [5, 5.41) is 4.14. The van der Waals surface area contributed by atoms with Crippen LogP contribution in [0.2, 0.25) is 5.02 Å². The quantitative estimate of drug-likeness (QED) is 0.735. The van der Waals surface area contributed by atoms with Crippen molar-refractivity contribution >= 4 is 11.6 Å². The molecule has 0 aromatic heterocycles. The summed E-state index contributed by atoms with van der Waals surface area (Å²) in [4.78, 5) is 0. The van der Waals surface area contributed by atoms with E-state index in [1.165, 1.54) is 0 Å². The minimum atomic E-state index is -0.193. The SMILES string of the molecule is CCOC(CN[C@@H](C)c1cccc(Cl)c1)OCC. The van der Waals surface area contributed by atoms with Crippen molar-refractivity contribution in [3.63, 3.8) is 0 Å². The van der Waals surface area contributed by atoms with E-state index in [0.717, 1.165) is 10.6 Å². The molecular formula is C14H22ClNO2. The van der Waals surface area contributed by atoms with Crippen LogP contribution in [-0.4, -0.2) is 26.0 Å². The highest BCUT2D eigenvalue weighted by atomic mass is 35.5. The molecule has 0 aliphatic rings. The summed E-state index contributed by atoms with van der Waals surface area (Å²) in [7, 11) is 0. The molecule has 4 heteroatoms. The van der Waals surface area contributed by atoms with Gasteiger partial charge in [0.2, 0.25) is 0 Å². The van der Waals surface area contributed by atoms with Crippen molar-refractivity contribution < 1.29 is 9.47 Å². The molecule has 3 nitrogen and oxygen atoms in total. The highest BCUT2D eigenvalue weighted by molar-refractivity contribution is 6.30. The average molecular weight is 272 g/mol. The predicted octanol–water partition coefficient (Wildman–Crippen LogP) is 3.39. The van der Waals surface area contributed by atoms with E-state index < -0.39 is 0 Å². The molecule has 1 aromatic rings. The number of hydrogen-bond acceptors (Lipinski definition) is 3. The zero-order valence-corrected chi connectivity index (χ0v) is 12.0. The van der Waals surface area contributed by atoms with Gasteiger partial charge in [0.1, 0.15) is 0 Å². The number of benzene rings is 1. The molecule has 102 valence electrons. The van der Waals surface area contributed by atoms with Gasteiger partial charge in [-0.2, -0.15) is 0 Å². The monoisotopic (exact) mass is 271 g/mol. The molecule has 0 heterocycles. The van der Waals surface area contributed by atoms with Crippen molar-refractivity contribution in [2.45, 2.75) is 33.1 Å². The van der Waals surface area contributed by atoms with Crippen molar-refractivity contribution in [2.75, 3.05) is 19.8 Å². The second-order valence-corrected chi connectivity index (χ2v) is 4.46. The molecule has 0 amide bonds. The number of nitrogens with one attached hydrogen (secondary N) is 1. The topological polar surface area (TPSA) is 30.5 Å². The predicted molar refractivity (Wildman–Crippen MR) is 74.9 cm³/mol. The maximum Gasteiger partial charge on any atom is 0.169 e. The summed E-state index contributed by atoms with van der Waals surface area (Å²) in [6.45, 7) is 7.99. The Hall–Kier alpha value is -0.610. The zero-order chi connectivity index (χ0) is 13.4. The molecular weight excluding hydrogens is 250 g/mol. The minimum absolute atomic E-state index is 0.193. The largest absolute Gasteiger partial charge is 0.352 e. The van der Waals surface area contributed by atoms with Gasteiger partial charge in [0.25, 0.3) is 0 Å². The molecule has 0 unspecified atom stereocenters. The first-order valence-corrected chi connectivity index (χ1v) is 6.77. The van der Waals surface area contributed by atoms with Crippen molar-refractivity contribution in [1.82, 2.24) is 5.32 Å². The van der Waals surface area contributed by atoms with E-state index in [4.69, 9.17) is 21.1 Å². The molecule has 1 rings (SSSR count). The second-order valence-electron chi connectivity index (χ2n) is 4.03. The normalized spacial score (nSPS) is 12.9.